The van der Waals surface area contributed by atoms with E-state index < -0.39 is 5.91 Å². The highest BCUT2D eigenvalue weighted by atomic mass is 16.1. The number of amides is 1. The second-order valence-electron chi connectivity index (χ2n) is 3.77. The topological polar surface area (TPSA) is 80.9 Å². The maximum absolute atomic E-state index is 11.0. The molecule has 5 nitrogen and oxygen atoms in total. The summed E-state index contributed by atoms with van der Waals surface area (Å²) in [5.41, 5.74) is 7.52. The van der Waals surface area contributed by atoms with Crippen molar-refractivity contribution in [2.75, 3.05) is 11.9 Å². The van der Waals surface area contributed by atoms with E-state index in [4.69, 9.17) is 5.73 Å². The van der Waals surface area contributed by atoms with Crippen LogP contribution in [-0.4, -0.2) is 22.4 Å². The van der Waals surface area contributed by atoms with Gasteiger partial charge in [-0.25, -0.2) is 9.97 Å². The van der Waals surface area contributed by atoms with Crippen LogP contribution in [0.1, 0.15) is 17.3 Å². The average Bonchev–Trinajstić information content (AvgIpc) is 2.40. The van der Waals surface area contributed by atoms with E-state index in [2.05, 4.69) is 15.3 Å². The molecule has 0 fully saturated rings. The summed E-state index contributed by atoms with van der Waals surface area (Å²) in [5, 5.41) is 3.03. The van der Waals surface area contributed by atoms with Crippen molar-refractivity contribution >= 4 is 11.9 Å². The van der Waals surface area contributed by atoms with Crippen LogP contribution in [0.3, 0.4) is 0 Å². The van der Waals surface area contributed by atoms with Crippen LogP contribution in [0.2, 0.25) is 0 Å². The fourth-order valence-electron chi connectivity index (χ4n) is 1.55. The molecule has 5 heteroatoms. The molecule has 1 heterocycles. The van der Waals surface area contributed by atoms with Crippen molar-refractivity contribution in [2.45, 2.75) is 6.92 Å². The molecule has 92 valence electrons. The summed E-state index contributed by atoms with van der Waals surface area (Å²) >= 11 is 0. The minimum atomic E-state index is -0.430. The number of nitrogens with two attached hydrogens (primary N) is 1. The van der Waals surface area contributed by atoms with Crippen LogP contribution < -0.4 is 11.1 Å². The Kier molecular flexibility index (Phi) is 3.52. The number of benzene rings is 1. The normalized spacial score (nSPS) is 10.1. The van der Waals surface area contributed by atoms with Gasteiger partial charge in [-0.15, -0.1) is 0 Å². The number of nitrogens with one attached hydrogen (secondary N) is 1. The molecule has 0 unspecified atom stereocenters. The van der Waals surface area contributed by atoms with Gasteiger partial charge in [0.25, 0.3) is 0 Å². The van der Waals surface area contributed by atoms with Gasteiger partial charge in [0.1, 0.15) is 0 Å². The van der Waals surface area contributed by atoms with E-state index in [1.807, 2.05) is 19.1 Å². The predicted octanol–water partition coefficient (Wildman–Crippen LogP) is 1.67. The fraction of sp³-hybridized carbons (Fsp3) is 0.154. The maximum Gasteiger partial charge on any atom is 0.248 e. The van der Waals surface area contributed by atoms with Gasteiger partial charge in [0.05, 0.1) is 0 Å². The Morgan fingerprint density at radius 2 is 1.78 bits per heavy atom. The molecule has 1 amide bonds. The number of nitrogens with zero attached hydrogens (tertiary/aromatic N) is 2. The molecule has 0 aliphatic heterocycles. The SMILES string of the molecule is CCNc1ncc(-c2ccc(C(N)=O)cc2)cn1. The number of aromatic nitrogens is 2. The van der Waals surface area contributed by atoms with Gasteiger partial charge in [0.15, 0.2) is 0 Å². The van der Waals surface area contributed by atoms with Crippen LogP contribution in [0.25, 0.3) is 11.1 Å². The van der Waals surface area contributed by atoms with Crippen molar-refractivity contribution in [1.82, 2.24) is 9.97 Å². The number of carbonyl (C=O) groups is 1. The molecule has 0 aliphatic rings. The highest BCUT2D eigenvalue weighted by Gasteiger charge is 2.02. The van der Waals surface area contributed by atoms with Gasteiger partial charge >= 0.3 is 0 Å². The highest BCUT2D eigenvalue weighted by molar-refractivity contribution is 5.93. The van der Waals surface area contributed by atoms with Gasteiger partial charge in [-0.2, -0.15) is 0 Å². The Balaban J connectivity index is 2.23. The molecule has 0 aliphatic carbocycles. The molecule has 0 atom stereocenters. The first-order valence-corrected chi connectivity index (χ1v) is 5.67. The van der Waals surface area contributed by atoms with Crippen LogP contribution in [0, 0.1) is 0 Å². The quantitative estimate of drug-likeness (QED) is 0.854. The van der Waals surface area contributed by atoms with Crippen molar-refractivity contribution in [3.05, 3.63) is 42.2 Å². The van der Waals surface area contributed by atoms with Gasteiger partial charge < -0.3 is 11.1 Å². The van der Waals surface area contributed by atoms with Gasteiger partial charge in [-0.3, -0.25) is 4.79 Å². The third-order valence-electron chi connectivity index (χ3n) is 2.49. The number of anilines is 1. The molecule has 3 N–H and O–H groups in total. The first-order chi connectivity index (χ1) is 8.70. The monoisotopic (exact) mass is 242 g/mol. The lowest BCUT2D eigenvalue weighted by Crippen LogP contribution is -2.10. The third-order valence-corrected chi connectivity index (χ3v) is 2.49. The second-order valence-corrected chi connectivity index (χ2v) is 3.77. The largest absolute Gasteiger partial charge is 0.366 e. The van der Waals surface area contributed by atoms with Crippen molar-refractivity contribution < 1.29 is 4.79 Å². The molecule has 2 aromatic rings. The first kappa shape index (κ1) is 12.0. The zero-order valence-corrected chi connectivity index (χ0v) is 10.1. The molecule has 1 aromatic carbocycles. The lowest BCUT2D eigenvalue weighted by atomic mass is 10.1. The Morgan fingerprint density at radius 1 is 1.17 bits per heavy atom. The molecular weight excluding hydrogens is 228 g/mol. The van der Waals surface area contributed by atoms with Gasteiger partial charge in [-0.05, 0) is 24.6 Å². The lowest BCUT2D eigenvalue weighted by Gasteiger charge is -2.04. The zero-order chi connectivity index (χ0) is 13.0. The molecule has 0 spiro atoms. The van der Waals surface area contributed by atoms with E-state index in [0.29, 0.717) is 11.5 Å². The summed E-state index contributed by atoms with van der Waals surface area (Å²) in [6.45, 7) is 2.77. The lowest BCUT2D eigenvalue weighted by molar-refractivity contribution is 0.100. The molecule has 18 heavy (non-hydrogen) atoms. The first-order valence-electron chi connectivity index (χ1n) is 5.67. The van der Waals surface area contributed by atoms with E-state index in [1.165, 1.54) is 0 Å². The summed E-state index contributed by atoms with van der Waals surface area (Å²) in [7, 11) is 0. The summed E-state index contributed by atoms with van der Waals surface area (Å²) in [4.78, 5) is 19.3. The van der Waals surface area contributed by atoms with Crippen LogP contribution in [0.5, 0.6) is 0 Å². The number of rotatable bonds is 4. The number of hydrogen-bond donors (Lipinski definition) is 2. The Bertz CT molecular complexity index is 534. The van der Waals surface area contributed by atoms with Crippen LogP contribution in [0.4, 0.5) is 5.95 Å². The van der Waals surface area contributed by atoms with E-state index in [0.717, 1.165) is 17.7 Å². The molecule has 2 rings (SSSR count). The summed E-state index contributed by atoms with van der Waals surface area (Å²) in [6, 6.07) is 7.03. The smallest absolute Gasteiger partial charge is 0.248 e. The molecule has 0 radical (unpaired) electrons. The minimum Gasteiger partial charge on any atom is -0.366 e. The van der Waals surface area contributed by atoms with E-state index in [9.17, 15) is 4.79 Å². The molecule has 0 saturated heterocycles. The molecule has 0 bridgehead atoms. The van der Waals surface area contributed by atoms with Crippen molar-refractivity contribution in [1.29, 1.82) is 0 Å². The van der Waals surface area contributed by atoms with Gasteiger partial charge in [0.2, 0.25) is 11.9 Å². The van der Waals surface area contributed by atoms with Crippen molar-refractivity contribution in [2.24, 2.45) is 5.73 Å². The van der Waals surface area contributed by atoms with E-state index in [-0.39, 0.29) is 0 Å². The predicted molar refractivity (Wildman–Crippen MR) is 70.1 cm³/mol. The molecule has 0 saturated carbocycles. The summed E-state index contributed by atoms with van der Waals surface area (Å²) in [6.07, 6.45) is 3.48. The third kappa shape index (κ3) is 2.63. The second kappa shape index (κ2) is 5.27. The fourth-order valence-corrected chi connectivity index (χ4v) is 1.55. The summed E-state index contributed by atoms with van der Waals surface area (Å²) in [5.74, 6) is 0.176. The average molecular weight is 242 g/mol. The van der Waals surface area contributed by atoms with Crippen LogP contribution in [0.15, 0.2) is 36.7 Å². The zero-order valence-electron chi connectivity index (χ0n) is 10.1. The number of primary amides is 1. The Hall–Kier alpha value is -2.43. The highest BCUT2D eigenvalue weighted by Crippen LogP contribution is 2.18. The van der Waals surface area contributed by atoms with Crippen LogP contribution in [-0.2, 0) is 0 Å². The molecule has 1 aromatic heterocycles. The van der Waals surface area contributed by atoms with E-state index in [1.54, 1.807) is 24.5 Å². The van der Waals surface area contributed by atoms with Crippen LogP contribution >= 0.6 is 0 Å². The van der Waals surface area contributed by atoms with Gasteiger partial charge in [0, 0.05) is 30.1 Å². The maximum atomic E-state index is 11.0. The van der Waals surface area contributed by atoms with Crippen molar-refractivity contribution in [3.63, 3.8) is 0 Å². The minimum absolute atomic E-state index is 0.430. The Morgan fingerprint density at radius 3 is 2.28 bits per heavy atom. The number of carbonyl (C=O) groups excluding carboxylic acids is 1. The Labute approximate surface area is 105 Å². The van der Waals surface area contributed by atoms with Crippen molar-refractivity contribution in [3.8, 4) is 11.1 Å². The number of hydrogen-bond acceptors (Lipinski definition) is 4. The standard InChI is InChI=1S/C13H14N4O/c1-2-15-13-16-7-11(8-17-13)9-3-5-10(6-4-9)12(14)18/h3-8H,2H2,1H3,(H2,14,18)(H,15,16,17). The molecular formula is C13H14N4O. The van der Waals surface area contributed by atoms with Gasteiger partial charge in [-0.1, -0.05) is 12.1 Å². The van der Waals surface area contributed by atoms with E-state index >= 15 is 0 Å². The summed E-state index contributed by atoms with van der Waals surface area (Å²) < 4.78 is 0.